The minimum absolute atomic E-state index is 0.0402. The number of carbonyl (C=O) groups is 2. The highest BCUT2D eigenvalue weighted by molar-refractivity contribution is 5.79. The van der Waals surface area contributed by atoms with Crippen LogP contribution in [0.1, 0.15) is 56.1 Å². The molecule has 7 heteroatoms. The van der Waals surface area contributed by atoms with Gasteiger partial charge >= 0.3 is 6.09 Å². The summed E-state index contributed by atoms with van der Waals surface area (Å²) < 4.78 is 7.42. The van der Waals surface area contributed by atoms with Gasteiger partial charge in [0, 0.05) is 36.8 Å². The number of nitrogens with one attached hydrogen (secondary N) is 1. The molecule has 1 aliphatic heterocycles. The molecule has 0 aliphatic carbocycles. The van der Waals surface area contributed by atoms with Gasteiger partial charge in [-0.3, -0.25) is 9.48 Å². The van der Waals surface area contributed by atoms with Crippen molar-refractivity contribution >= 4 is 12.0 Å². The van der Waals surface area contributed by atoms with Crippen LogP contribution in [-0.4, -0.2) is 45.4 Å². The third-order valence-corrected chi connectivity index (χ3v) is 5.66. The standard InChI is InChI=1S/C24H34N4O3/c1-17-21(18(2)28(26-17)16-19-9-7-6-8-10-19)15-25-22(29)20-11-13-27(14-12-20)23(30)31-24(3,4)5/h6-10,20H,11-16H2,1-5H3,(H,25,29). The summed E-state index contributed by atoms with van der Waals surface area (Å²) in [6.07, 6.45) is 0.996. The van der Waals surface area contributed by atoms with Gasteiger partial charge in [0.05, 0.1) is 12.2 Å². The molecule has 0 radical (unpaired) electrons. The van der Waals surface area contributed by atoms with E-state index in [9.17, 15) is 9.59 Å². The minimum Gasteiger partial charge on any atom is -0.444 e. The SMILES string of the molecule is Cc1nn(Cc2ccccc2)c(C)c1CNC(=O)C1CCN(C(=O)OC(C)(C)C)CC1. The third-order valence-electron chi connectivity index (χ3n) is 5.66. The van der Waals surface area contributed by atoms with Gasteiger partial charge in [0.25, 0.3) is 0 Å². The molecule has 1 saturated heterocycles. The molecule has 1 fully saturated rings. The minimum atomic E-state index is -0.508. The van der Waals surface area contributed by atoms with Crippen molar-refractivity contribution in [3.63, 3.8) is 0 Å². The first-order valence-corrected chi connectivity index (χ1v) is 11.0. The number of likely N-dealkylation sites (tertiary alicyclic amines) is 1. The van der Waals surface area contributed by atoms with E-state index < -0.39 is 5.60 Å². The first kappa shape index (κ1) is 22.8. The number of hydrogen-bond donors (Lipinski definition) is 1. The molecule has 2 heterocycles. The number of aromatic nitrogens is 2. The van der Waals surface area contributed by atoms with Crippen molar-refractivity contribution in [3.05, 3.63) is 52.8 Å². The Bertz CT molecular complexity index is 907. The largest absolute Gasteiger partial charge is 0.444 e. The second kappa shape index (κ2) is 9.54. The van der Waals surface area contributed by atoms with Gasteiger partial charge < -0.3 is 15.0 Å². The average molecular weight is 427 g/mol. The highest BCUT2D eigenvalue weighted by atomic mass is 16.6. The maximum Gasteiger partial charge on any atom is 0.410 e. The molecular formula is C24H34N4O3. The van der Waals surface area contributed by atoms with Crippen LogP contribution in [0.15, 0.2) is 30.3 Å². The number of hydrogen-bond acceptors (Lipinski definition) is 4. The summed E-state index contributed by atoms with van der Waals surface area (Å²) in [5.41, 5.74) is 3.76. The molecular weight excluding hydrogens is 392 g/mol. The molecule has 1 aromatic heterocycles. The Balaban J connectivity index is 1.52. The average Bonchev–Trinajstić information content (AvgIpc) is 2.98. The molecule has 1 aliphatic rings. The fourth-order valence-corrected chi connectivity index (χ4v) is 3.87. The molecule has 31 heavy (non-hydrogen) atoms. The van der Waals surface area contributed by atoms with Gasteiger partial charge in [0.1, 0.15) is 5.60 Å². The molecule has 1 aromatic carbocycles. The molecule has 168 valence electrons. The third kappa shape index (κ3) is 6.09. The van der Waals surface area contributed by atoms with Gasteiger partial charge in [-0.15, -0.1) is 0 Å². The number of aryl methyl sites for hydroxylation is 1. The van der Waals surface area contributed by atoms with Gasteiger partial charge in [0.2, 0.25) is 5.91 Å². The topological polar surface area (TPSA) is 76.5 Å². The first-order chi connectivity index (χ1) is 14.6. The first-order valence-electron chi connectivity index (χ1n) is 11.0. The van der Waals surface area contributed by atoms with Crippen LogP contribution in [0.4, 0.5) is 4.79 Å². The molecule has 0 unspecified atom stereocenters. The van der Waals surface area contributed by atoms with Crippen LogP contribution in [-0.2, 0) is 22.6 Å². The number of nitrogens with zero attached hydrogens (tertiary/aromatic N) is 3. The predicted molar refractivity (Wildman–Crippen MR) is 120 cm³/mol. The summed E-state index contributed by atoms with van der Waals surface area (Å²) in [6, 6.07) is 10.2. The molecule has 7 nitrogen and oxygen atoms in total. The van der Waals surface area contributed by atoms with Crippen molar-refractivity contribution in [1.29, 1.82) is 0 Å². The maximum atomic E-state index is 12.7. The van der Waals surface area contributed by atoms with Crippen LogP contribution in [0.5, 0.6) is 0 Å². The van der Waals surface area contributed by atoms with Gasteiger partial charge in [0.15, 0.2) is 0 Å². The summed E-state index contributed by atoms with van der Waals surface area (Å²) in [5, 5.41) is 7.74. The molecule has 0 saturated carbocycles. The number of rotatable bonds is 5. The van der Waals surface area contributed by atoms with Gasteiger partial charge in [-0.25, -0.2) is 4.79 Å². The summed E-state index contributed by atoms with van der Waals surface area (Å²) >= 11 is 0. The fraction of sp³-hybridized carbons (Fsp3) is 0.542. The number of amides is 2. The van der Waals surface area contributed by atoms with Crippen molar-refractivity contribution in [2.24, 2.45) is 5.92 Å². The van der Waals surface area contributed by atoms with Crippen LogP contribution < -0.4 is 5.32 Å². The van der Waals surface area contributed by atoms with Gasteiger partial charge in [-0.2, -0.15) is 5.10 Å². The summed E-state index contributed by atoms with van der Waals surface area (Å²) in [4.78, 5) is 26.6. The van der Waals surface area contributed by atoms with E-state index in [1.165, 1.54) is 5.56 Å². The van der Waals surface area contributed by atoms with Crippen LogP contribution >= 0.6 is 0 Å². The normalized spacial score (nSPS) is 15.1. The lowest BCUT2D eigenvalue weighted by Gasteiger charge is -2.32. The molecule has 0 spiro atoms. The quantitative estimate of drug-likeness (QED) is 0.789. The fourth-order valence-electron chi connectivity index (χ4n) is 3.87. The van der Waals surface area contributed by atoms with Crippen LogP contribution in [0.3, 0.4) is 0 Å². The van der Waals surface area contributed by atoms with E-state index in [2.05, 4.69) is 22.5 Å². The lowest BCUT2D eigenvalue weighted by atomic mass is 9.96. The molecule has 1 N–H and O–H groups in total. The Hall–Kier alpha value is -2.83. The summed E-state index contributed by atoms with van der Waals surface area (Å²) in [7, 11) is 0. The summed E-state index contributed by atoms with van der Waals surface area (Å²) in [6.45, 7) is 11.9. The Labute approximate surface area is 184 Å². The Morgan fingerprint density at radius 1 is 1.13 bits per heavy atom. The van der Waals surface area contributed by atoms with Gasteiger partial charge in [-0.1, -0.05) is 30.3 Å². The van der Waals surface area contributed by atoms with Crippen molar-refractivity contribution < 1.29 is 14.3 Å². The monoisotopic (exact) mass is 426 g/mol. The van der Waals surface area contributed by atoms with E-state index in [1.54, 1.807) is 4.90 Å². The van der Waals surface area contributed by atoms with Crippen molar-refractivity contribution in [2.75, 3.05) is 13.1 Å². The zero-order valence-electron chi connectivity index (χ0n) is 19.3. The van der Waals surface area contributed by atoms with E-state index >= 15 is 0 Å². The Morgan fingerprint density at radius 3 is 2.39 bits per heavy atom. The zero-order valence-corrected chi connectivity index (χ0v) is 19.3. The number of benzene rings is 1. The Kier molecular flexibility index (Phi) is 7.03. The smallest absolute Gasteiger partial charge is 0.410 e. The number of carbonyl (C=O) groups excluding carboxylic acids is 2. The summed E-state index contributed by atoms with van der Waals surface area (Å²) in [5.74, 6) is -0.0443. The second-order valence-corrected chi connectivity index (χ2v) is 9.25. The van der Waals surface area contributed by atoms with E-state index in [-0.39, 0.29) is 17.9 Å². The molecule has 2 amide bonds. The lowest BCUT2D eigenvalue weighted by Crippen LogP contribution is -2.44. The van der Waals surface area contributed by atoms with Crippen molar-refractivity contribution in [3.8, 4) is 0 Å². The van der Waals surface area contributed by atoms with Crippen LogP contribution in [0.25, 0.3) is 0 Å². The van der Waals surface area contributed by atoms with E-state index in [1.807, 2.05) is 57.5 Å². The predicted octanol–water partition coefficient (Wildman–Crippen LogP) is 3.81. The van der Waals surface area contributed by atoms with Crippen LogP contribution in [0.2, 0.25) is 0 Å². The van der Waals surface area contributed by atoms with Crippen molar-refractivity contribution in [1.82, 2.24) is 20.0 Å². The van der Waals surface area contributed by atoms with E-state index in [0.29, 0.717) is 39.0 Å². The Morgan fingerprint density at radius 2 is 1.77 bits per heavy atom. The maximum absolute atomic E-state index is 12.7. The highest BCUT2D eigenvalue weighted by Crippen LogP contribution is 2.21. The molecule has 0 atom stereocenters. The van der Waals surface area contributed by atoms with E-state index in [4.69, 9.17) is 4.74 Å². The zero-order chi connectivity index (χ0) is 22.6. The van der Waals surface area contributed by atoms with E-state index in [0.717, 1.165) is 17.0 Å². The number of piperidine rings is 1. The lowest BCUT2D eigenvalue weighted by molar-refractivity contribution is -0.126. The molecule has 2 aromatic rings. The number of ether oxygens (including phenoxy) is 1. The second-order valence-electron chi connectivity index (χ2n) is 9.25. The van der Waals surface area contributed by atoms with Crippen molar-refractivity contribution in [2.45, 2.75) is 66.2 Å². The molecule has 0 bridgehead atoms. The highest BCUT2D eigenvalue weighted by Gasteiger charge is 2.30. The van der Waals surface area contributed by atoms with Gasteiger partial charge in [-0.05, 0) is 53.0 Å². The molecule has 3 rings (SSSR count). The van der Waals surface area contributed by atoms with Crippen LogP contribution in [0, 0.1) is 19.8 Å².